The SMILES string of the molecule is CC(NC(C(N)=O)C(C)C)C(=O)N(C)C. The van der Waals surface area contributed by atoms with Crippen LogP contribution < -0.4 is 11.1 Å². The third-order valence-electron chi connectivity index (χ3n) is 2.21. The van der Waals surface area contributed by atoms with Crippen LogP contribution in [0.25, 0.3) is 0 Å². The van der Waals surface area contributed by atoms with E-state index >= 15 is 0 Å². The van der Waals surface area contributed by atoms with Crippen LogP contribution in [0.5, 0.6) is 0 Å². The monoisotopic (exact) mass is 215 g/mol. The molecule has 0 saturated carbocycles. The fourth-order valence-corrected chi connectivity index (χ4v) is 1.33. The van der Waals surface area contributed by atoms with Gasteiger partial charge in [-0.25, -0.2) is 0 Å². The number of hydrogen-bond donors (Lipinski definition) is 2. The van der Waals surface area contributed by atoms with Crippen molar-refractivity contribution < 1.29 is 9.59 Å². The number of nitrogens with one attached hydrogen (secondary N) is 1. The van der Waals surface area contributed by atoms with E-state index in [1.54, 1.807) is 21.0 Å². The fourth-order valence-electron chi connectivity index (χ4n) is 1.33. The Kier molecular flexibility index (Phi) is 5.28. The summed E-state index contributed by atoms with van der Waals surface area (Å²) in [5.41, 5.74) is 5.24. The second-order valence-corrected chi connectivity index (χ2v) is 4.25. The molecule has 0 bridgehead atoms. The Bertz CT molecular complexity index is 239. The fraction of sp³-hybridized carbons (Fsp3) is 0.800. The van der Waals surface area contributed by atoms with Crippen molar-refractivity contribution in [2.24, 2.45) is 11.7 Å². The first-order chi connectivity index (χ1) is 6.77. The van der Waals surface area contributed by atoms with Crippen molar-refractivity contribution in [3.63, 3.8) is 0 Å². The Morgan fingerprint density at radius 2 is 1.67 bits per heavy atom. The van der Waals surface area contributed by atoms with Gasteiger partial charge in [0.2, 0.25) is 11.8 Å². The second-order valence-electron chi connectivity index (χ2n) is 4.25. The minimum Gasteiger partial charge on any atom is -0.368 e. The van der Waals surface area contributed by atoms with Gasteiger partial charge in [0, 0.05) is 14.1 Å². The van der Waals surface area contributed by atoms with E-state index in [9.17, 15) is 9.59 Å². The number of carbonyl (C=O) groups is 2. The molecular weight excluding hydrogens is 194 g/mol. The zero-order valence-electron chi connectivity index (χ0n) is 10.1. The van der Waals surface area contributed by atoms with Gasteiger partial charge in [0.1, 0.15) is 0 Å². The van der Waals surface area contributed by atoms with Crippen LogP contribution >= 0.6 is 0 Å². The molecule has 2 unspecified atom stereocenters. The van der Waals surface area contributed by atoms with Crippen molar-refractivity contribution >= 4 is 11.8 Å². The van der Waals surface area contributed by atoms with Crippen LogP contribution in [0.15, 0.2) is 0 Å². The zero-order chi connectivity index (χ0) is 12.2. The Morgan fingerprint density at radius 1 is 1.20 bits per heavy atom. The highest BCUT2D eigenvalue weighted by atomic mass is 16.2. The average Bonchev–Trinajstić information content (AvgIpc) is 2.11. The highest BCUT2D eigenvalue weighted by Gasteiger charge is 2.24. The van der Waals surface area contributed by atoms with Crippen molar-refractivity contribution in [2.75, 3.05) is 14.1 Å². The van der Waals surface area contributed by atoms with Crippen molar-refractivity contribution in [3.05, 3.63) is 0 Å². The molecule has 0 aliphatic rings. The van der Waals surface area contributed by atoms with E-state index < -0.39 is 18.0 Å². The van der Waals surface area contributed by atoms with Crippen LogP contribution in [0.2, 0.25) is 0 Å². The van der Waals surface area contributed by atoms with Gasteiger partial charge in [-0.1, -0.05) is 13.8 Å². The Labute approximate surface area is 91.0 Å². The first-order valence-electron chi connectivity index (χ1n) is 5.04. The third-order valence-corrected chi connectivity index (χ3v) is 2.21. The van der Waals surface area contributed by atoms with Crippen LogP contribution in [-0.2, 0) is 9.59 Å². The van der Waals surface area contributed by atoms with Gasteiger partial charge in [0.25, 0.3) is 0 Å². The Morgan fingerprint density at radius 3 is 1.93 bits per heavy atom. The highest BCUT2D eigenvalue weighted by Crippen LogP contribution is 2.03. The molecular formula is C10H21N3O2. The van der Waals surface area contributed by atoms with E-state index in [1.807, 2.05) is 13.8 Å². The summed E-state index contributed by atoms with van der Waals surface area (Å²) in [6, 6.07) is -0.871. The van der Waals surface area contributed by atoms with Gasteiger partial charge in [-0.2, -0.15) is 0 Å². The molecule has 0 heterocycles. The predicted octanol–water partition coefficient (Wildman–Crippen LogP) is -0.437. The van der Waals surface area contributed by atoms with E-state index in [4.69, 9.17) is 5.73 Å². The number of carbonyl (C=O) groups excluding carboxylic acids is 2. The molecule has 2 amide bonds. The molecule has 0 rings (SSSR count). The smallest absolute Gasteiger partial charge is 0.238 e. The van der Waals surface area contributed by atoms with E-state index in [-0.39, 0.29) is 11.8 Å². The predicted molar refractivity (Wildman–Crippen MR) is 59.1 cm³/mol. The summed E-state index contributed by atoms with van der Waals surface area (Å²) in [6.45, 7) is 5.49. The maximum absolute atomic E-state index is 11.5. The number of nitrogens with zero attached hydrogens (tertiary/aromatic N) is 1. The number of rotatable bonds is 5. The van der Waals surface area contributed by atoms with Crippen molar-refractivity contribution in [2.45, 2.75) is 32.9 Å². The van der Waals surface area contributed by atoms with Crippen LogP contribution in [0.3, 0.4) is 0 Å². The molecule has 3 N–H and O–H groups in total. The molecule has 0 aliphatic heterocycles. The molecule has 0 aromatic carbocycles. The van der Waals surface area contributed by atoms with E-state index in [0.717, 1.165) is 0 Å². The van der Waals surface area contributed by atoms with Crippen LogP contribution in [0.4, 0.5) is 0 Å². The zero-order valence-corrected chi connectivity index (χ0v) is 10.1. The molecule has 2 atom stereocenters. The summed E-state index contributed by atoms with van der Waals surface area (Å²) in [5.74, 6) is -0.426. The van der Waals surface area contributed by atoms with Gasteiger partial charge in [-0.15, -0.1) is 0 Å². The standard InChI is InChI=1S/C10H21N3O2/c1-6(2)8(9(11)14)12-7(3)10(15)13(4)5/h6-8,12H,1-5H3,(H2,11,14). The number of primary amides is 1. The number of likely N-dealkylation sites (N-methyl/N-ethyl adjacent to an activating group) is 1. The molecule has 0 fully saturated rings. The maximum atomic E-state index is 11.5. The highest BCUT2D eigenvalue weighted by molar-refractivity contribution is 5.84. The quantitative estimate of drug-likeness (QED) is 0.653. The second kappa shape index (κ2) is 5.70. The number of hydrogen-bond acceptors (Lipinski definition) is 3. The van der Waals surface area contributed by atoms with Crippen LogP contribution in [0, 0.1) is 5.92 Å². The van der Waals surface area contributed by atoms with Gasteiger partial charge in [-0.05, 0) is 12.8 Å². The minimum absolute atomic E-state index is 0.0677. The molecule has 0 saturated heterocycles. The van der Waals surface area contributed by atoms with Crippen LogP contribution in [0.1, 0.15) is 20.8 Å². The molecule has 0 aromatic rings. The van der Waals surface area contributed by atoms with Gasteiger partial charge in [0.15, 0.2) is 0 Å². The summed E-state index contributed by atoms with van der Waals surface area (Å²) in [6.07, 6.45) is 0. The van der Waals surface area contributed by atoms with Gasteiger partial charge in [0.05, 0.1) is 12.1 Å². The minimum atomic E-state index is -0.469. The summed E-state index contributed by atoms with van der Waals surface area (Å²) in [4.78, 5) is 24.1. The third kappa shape index (κ3) is 4.29. The summed E-state index contributed by atoms with van der Waals surface area (Å²) >= 11 is 0. The summed E-state index contributed by atoms with van der Waals surface area (Å²) in [5, 5.41) is 2.93. The Hall–Kier alpha value is -1.10. The largest absolute Gasteiger partial charge is 0.368 e. The molecule has 0 aromatic heterocycles. The van der Waals surface area contributed by atoms with E-state index in [1.165, 1.54) is 4.90 Å². The van der Waals surface area contributed by atoms with Gasteiger partial charge < -0.3 is 10.6 Å². The number of amides is 2. The molecule has 5 nitrogen and oxygen atoms in total. The maximum Gasteiger partial charge on any atom is 0.238 e. The van der Waals surface area contributed by atoms with Crippen molar-refractivity contribution in [1.29, 1.82) is 0 Å². The molecule has 5 heteroatoms. The summed E-state index contributed by atoms with van der Waals surface area (Å²) in [7, 11) is 3.35. The molecule has 0 aliphatic carbocycles. The molecule has 0 spiro atoms. The lowest BCUT2D eigenvalue weighted by Crippen LogP contribution is -2.53. The topological polar surface area (TPSA) is 75.4 Å². The lowest BCUT2D eigenvalue weighted by Gasteiger charge is -2.24. The van der Waals surface area contributed by atoms with E-state index in [0.29, 0.717) is 0 Å². The number of nitrogens with two attached hydrogens (primary N) is 1. The Balaban J connectivity index is 4.42. The van der Waals surface area contributed by atoms with E-state index in [2.05, 4.69) is 5.32 Å². The lowest BCUT2D eigenvalue weighted by atomic mass is 10.0. The molecule has 0 radical (unpaired) electrons. The van der Waals surface area contributed by atoms with Crippen LogP contribution in [-0.4, -0.2) is 42.9 Å². The summed E-state index contributed by atoms with van der Waals surface area (Å²) < 4.78 is 0. The normalized spacial score (nSPS) is 14.8. The molecule has 88 valence electrons. The van der Waals surface area contributed by atoms with Gasteiger partial charge >= 0.3 is 0 Å². The van der Waals surface area contributed by atoms with Crippen molar-refractivity contribution in [1.82, 2.24) is 10.2 Å². The van der Waals surface area contributed by atoms with Gasteiger partial charge in [-0.3, -0.25) is 14.9 Å². The average molecular weight is 215 g/mol. The molecule has 15 heavy (non-hydrogen) atoms. The first-order valence-corrected chi connectivity index (χ1v) is 5.04. The first kappa shape index (κ1) is 13.9. The lowest BCUT2D eigenvalue weighted by molar-refractivity contribution is -0.131. The van der Waals surface area contributed by atoms with Crippen molar-refractivity contribution in [3.8, 4) is 0 Å².